The Morgan fingerprint density at radius 3 is 2.35 bits per heavy atom. The summed E-state index contributed by atoms with van der Waals surface area (Å²) >= 11 is 0. The molecule has 1 rings (SSSR count). The van der Waals surface area contributed by atoms with Crippen molar-refractivity contribution in [2.75, 3.05) is 0 Å². The van der Waals surface area contributed by atoms with E-state index in [1.54, 1.807) is 6.20 Å². The minimum Gasteiger partial charge on any atom is -0.489 e. The van der Waals surface area contributed by atoms with Gasteiger partial charge in [0, 0.05) is 6.20 Å². The molecule has 4 heteroatoms. The molecular formula is C16H29N3O. The second-order valence-corrected chi connectivity index (χ2v) is 5.60. The minimum atomic E-state index is 0.137. The lowest BCUT2D eigenvalue weighted by molar-refractivity contribution is 0.240. The SMILES string of the molecule is CCCC(CCC)C(NN)c1cncc(OC(C)C)c1. The molecule has 0 spiro atoms. The highest BCUT2D eigenvalue weighted by Crippen LogP contribution is 2.30. The van der Waals surface area contributed by atoms with Crippen LogP contribution < -0.4 is 16.0 Å². The van der Waals surface area contributed by atoms with Gasteiger partial charge in [-0.15, -0.1) is 0 Å². The van der Waals surface area contributed by atoms with Gasteiger partial charge in [-0.05, 0) is 44.2 Å². The lowest BCUT2D eigenvalue weighted by Crippen LogP contribution is -2.33. The maximum atomic E-state index is 5.80. The Morgan fingerprint density at radius 2 is 1.85 bits per heavy atom. The standard InChI is InChI=1S/C16H29N3O/c1-5-7-13(8-6-2)16(19-17)14-9-15(11-18-10-14)20-12(3)4/h9-13,16,19H,5-8,17H2,1-4H3. The molecule has 0 fully saturated rings. The minimum absolute atomic E-state index is 0.137. The molecule has 0 saturated carbocycles. The normalized spacial score (nSPS) is 12.9. The third-order valence-electron chi connectivity index (χ3n) is 3.44. The van der Waals surface area contributed by atoms with Crippen molar-refractivity contribution in [2.45, 2.75) is 65.5 Å². The Bertz CT molecular complexity index is 376. The van der Waals surface area contributed by atoms with Gasteiger partial charge in [-0.25, -0.2) is 0 Å². The molecule has 4 nitrogen and oxygen atoms in total. The van der Waals surface area contributed by atoms with Crippen LogP contribution in [0.3, 0.4) is 0 Å². The molecule has 0 aliphatic carbocycles. The van der Waals surface area contributed by atoms with Crippen LogP contribution in [0.15, 0.2) is 18.5 Å². The number of hydrazine groups is 1. The van der Waals surface area contributed by atoms with E-state index in [0.717, 1.165) is 24.2 Å². The Hall–Kier alpha value is -1.13. The van der Waals surface area contributed by atoms with Gasteiger partial charge in [0.25, 0.3) is 0 Å². The van der Waals surface area contributed by atoms with Crippen molar-refractivity contribution in [3.63, 3.8) is 0 Å². The largest absolute Gasteiger partial charge is 0.489 e. The molecule has 0 aliphatic heterocycles. The number of rotatable bonds is 9. The first-order chi connectivity index (χ1) is 9.62. The van der Waals surface area contributed by atoms with E-state index in [4.69, 9.17) is 10.6 Å². The van der Waals surface area contributed by atoms with Crippen molar-refractivity contribution in [3.05, 3.63) is 24.0 Å². The summed E-state index contributed by atoms with van der Waals surface area (Å²) in [6.45, 7) is 8.46. The first-order valence-electron chi connectivity index (χ1n) is 7.70. The Kier molecular flexibility index (Phi) is 7.55. The third-order valence-corrected chi connectivity index (χ3v) is 3.44. The van der Waals surface area contributed by atoms with Crippen molar-refractivity contribution in [1.29, 1.82) is 0 Å². The zero-order chi connectivity index (χ0) is 15.0. The number of aromatic nitrogens is 1. The zero-order valence-corrected chi connectivity index (χ0v) is 13.2. The molecular weight excluding hydrogens is 250 g/mol. The van der Waals surface area contributed by atoms with Gasteiger partial charge in [-0.3, -0.25) is 16.3 Å². The van der Waals surface area contributed by atoms with Crippen LogP contribution in [-0.2, 0) is 0 Å². The van der Waals surface area contributed by atoms with Gasteiger partial charge in [0.1, 0.15) is 5.75 Å². The molecule has 1 aromatic heterocycles. The van der Waals surface area contributed by atoms with Crippen LogP contribution in [0, 0.1) is 5.92 Å². The quantitative estimate of drug-likeness (QED) is 0.535. The van der Waals surface area contributed by atoms with Gasteiger partial charge >= 0.3 is 0 Å². The molecule has 1 unspecified atom stereocenters. The average Bonchev–Trinajstić information content (AvgIpc) is 2.40. The number of hydrogen-bond donors (Lipinski definition) is 2. The monoisotopic (exact) mass is 279 g/mol. The second-order valence-electron chi connectivity index (χ2n) is 5.60. The summed E-state index contributed by atoms with van der Waals surface area (Å²) in [5.41, 5.74) is 4.08. The molecule has 0 radical (unpaired) electrons. The van der Waals surface area contributed by atoms with E-state index in [1.165, 1.54) is 12.8 Å². The van der Waals surface area contributed by atoms with E-state index in [2.05, 4.69) is 30.3 Å². The predicted molar refractivity (Wildman–Crippen MR) is 83.4 cm³/mol. The van der Waals surface area contributed by atoms with Crippen LogP contribution in [0.5, 0.6) is 5.75 Å². The molecule has 0 saturated heterocycles. The van der Waals surface area contributed by atoms with E-state index >= 15 is 0 Å². The lowest BCUT2D eigenvalue weighted by Gasteiger charge is -2.26. The van der Waals surface area contributed by atoms with Gasteiger partial charge in [0.05, 0.1) is 18.3 Å². The Balaban J connectivity index is 2.91. The predicted octanol–water partition coefficient (Wildman–Crippen LogP) is 3.59. The van der Waals surface area contributed by atoms with E-state index in [0.29, 0.717) is 5.92 Å². The second kappa shape index (κ2) is 8.93. The van der Waals surface area contributed by atoms with Gasteiger partial charge in [-0.2, -0.15) is 0 Å². The molecule has 0 bridgehead atoms. The smallest absolute Gasteiger partial charge is 0.138 e. The summed E-state index contributed by atoms with van der Waals surface area (Å²) in [7, 11) is 0. The maximum absolute atomic E-state index is 5.80. The van der Waals surface area contributed by atoms with Crippen LogP contribution in [0.4, 0.5) is 0 Å². The highest BCUT2D eigenvalue weighted by Gasteiger charge is 2.21. The molecule has 3 N–H and O–H groups in total. The van der Waals surface area contributed by atoms with Crippen LogP contribution in [0.2, 0.25) is 0 Å². The third kappa shape index (κ3) is 5.10. The molecule has 0 amide bonds. The Morgan fingerprint density at radius 1 is 1.20 bits per heavy atom. The number of nitrogens with one attached hydrogen (secondary N) is 1. The van der Waals surface area contributed by atoms with Crippen molar-refractivity contribution < 1.29 is 4.74 Å². The van der Waals surface area contributed by atoms with E-state index in [-0.39, 0.29) is 12.1 Å². The van der Waals surface area contributed by atoms with Gasteiger partial charge in [0.2, 0.25) is 0 Å². The fraction of sp³-hybridized carbons (Fsp3) is 0.688. The van der Waals surface area contributed by atoms with E-state index < -0.39 is 0 Å². The fourth-order valence-electron chi connectivity index (χ4n) is 2.67. The summed E-state index contributed by atoms with van der Waals surface area (Å²) in [6.07, 6.45) is 8.45. The maximum Gasteiger partial charge on any atom is 0.138 e. The number of nitrogens with two attached hydrogens (primary N) is 1. The molecule has 1 aromatic rings. The first-order valence-corrected chi connectivity index (χ1v) is 7.70. The molecule has 20 heavy (non-hydrogen) atoms. The van der Waals surface area contributed by atoms with Gasteiger partial charge in [0.15, 0.2) is 0 Å². The van der Waals surface area contributed by atoms with E-state index in [9.17, 15) is 0 Å². The summed E-state index contributed by atoms with van der Waals surface area (Å²) in [4.78, 5) is 4.29. The summed E-state index contributed by atoms with van der Waals surface area (Å²) in [6, 6.07) is 2.19. The summed E-state index contributed by atoms with van der Waals surface area (Å²) < 4.78 is 5.72. The lowest BCUT2D eigenvalue weighted by atomic mass is 9.87. The van der Waals surface area contributed by atoms with Crippen LogP contribution in [0.25, 0.3) is 0 Å². The number of nitrogens with zero attached hydrogens (tertiary/aromatic N) is 1. The topological polar surface area (TPSA) is 60.2 Å². The number of pyridine rings is 1. The first kappa shape index (κ1) is 16.9. The molecule has 0 aliphatic rings. The summed E-state index contributed by atoms with van der Waals surface area (Å²) in [5, 5.41) is 0. The van der Waals surface area contributed by atoms with Crippen molar-refractivity contribution in [1.82, 2.24) is 10.4 Å². The van der Waals surface area contributed by atoms with Crippen molar-refractivity contribution in [2.24, 2.45) is 11.8 Å². The average molecular weight is 279 g/mol. The Labute approximate surface area is 123 Å². The van der Waals surface area contributed by atoms with Gasteiger partial charge < -0.3 is 4.74 Å². The zero-order valence-electron chi connectivity index (χ0n) is 13.2. The number of ether oxygens (including phenoxy) is 1. The fourth-order valence-corrected chi connectivity index (χ4v) is 2.67. The highest BCUT2D eigenvalue weighted by atomic mass is 16.5. The highest BCUT2D eigenvalue weighted by molar-refractivity contribution is 5.26. The molecule has 0 aromatic carbocycles. The molecule has 1 atom stereocenters. The molecule has 114 valence electrons. The summed E-state index contributed by atoms with van der Waals surface area (Å²) in [5.74, 6) is 7.14. The van der Waals surface area contributed by atoms with Crippen LogP contribution in [0.1, 0.15) is 65.0 Å². The molecule has 1 heterocycles. The van der Waals surface area contributed by atoms with Crippen LogP contribution in [-0.4, -0.2) is 11.1 Å². The van der Waals surface area contributed by atoms with E-state index in [1.807, 2.05) is 20.0 Å². The number of hydrogen-bond acceptors (Lipinski definition) is 4. The van der Waals surface area contributed by atoms with Gasteiger partial charge in [-0.1, -0.05) is 26.7 Å². The van der Waals surface area contributed by atoms with Crippen molar-refractivity contribution in [3.8, 4) is 5.75 Å². The van der Waals surface area contributed by atoms with Crippen molar-refractivity contribution >= 4 is 0 Å². The van der Waals surface area contributed by atoms with Crippen LogP contribution >= 0.6 is 0 Å².